The van der Waals surface area contributed by atoms with Gasteiger partial charge in [0.05, 0.1) is 38.6 Å². The maximum absolute atomic E-state index is 12.4. The number of aliphatic hydroxyl groups excluding tert-OH is 10. The average molecular weight is 788 g/mol. The number of amides is 3. The second kappa shape index (κ2) is 19.3. The van der Waals surface area contributed by atoms with Gasteiger partial charge >= 0.3 is 0 Å². The van der Waals surface area contributed by atoms with Gasteiger partial charge in [0.15, 0.2) is 18.9 Å². The van der Waals surface area contributed by atoms with Gasteiger partial charge in [0.2, 0.25) is 17.7 Å². The zero-order valence-corrected chi connectivity index (χ0v) is 29.9. The largest absolute Gasteiger partial charge is 0.394 e. The minimum absolute atomic E-state index is 0.504. The van der Waals surface area contributed by atoms with E-state index >= 15 is 0 Å². The standard InChI is InChI=1S/C31H53N3O20/c1-9-17(32-10(2)39)22(44)26(15(7-37)48-9)52-29-18(33-11(3)40)23(45)27(16(8-38)51-29)53-30-19(34-12(4)41)28(21(43)14(6-36)49-30)54-31-25(47)24(46)20(42)13(5-35)50-31/h9,13-31,35-38,42-47H,5-8H2,1-4H3,(H,32,39)(H,33,40)(H,34,41). The summed E-state index contributed by atoms with van der Waals surface area (Å²) in [6.45, 7) is 1.70. The zero-order valence-electron chi connectivity index (χ0n) is 29.9. The molecule has 4 rings (SSSR count). The van der Waals surface area contributed by atoms with Gasteiger partial charge in [-0.05, 0) is 6.92 Å². The van der Waals surface area contributed by atoms with E-state index in [4.69, 9.17) is 33.2 Å². The Morgan fingerprint density at radius 3 is 1.37 bits per heavy atom. The lowest BCUT2D eigenvalue weighted by molar-refractivity contribution is -0.364. The monoisotopic (exact) mass is 787 g/mol. The number of hydrogen-bond acceptors (Lipinski definition) is 20. The lowest BCUT2D eigenvalue weighted by Gasteiger charge is -2.51. The molecule has 4 heterocycles. The summed E-state index contributed by atoms with van der Waals surface area (Å²) in [5.74, 6) is -1.95. The molecule has 0 bridgehead atoms. The third-order valence-corrected chi connectivity index (χ3v) is 9.68. The molecule has 20 unspecified atom stereocenters. The first kappa shape index (κ1) is 44.4. The van der Waals surface area contributed by atoms with Gasteiger partial charge in [-0.3, -0.25) is 14.4 Å². The SMILES string of the molecule is CC(=O)NC1C(C)OC(CO)C(OC2OC(CO)C(OC3OC(CO)C(O)C(OC4OC(CO)C(O)C(O)C4O)C3NC(C)=O)C(O)C2NC(C)=O)C1O. The molecule has 0 radical (unpaired) electrons. The molecule has 4 aliphatic rings. The molecule has 4 aliphatic heterocycles. The van der Waals surface area contributed by atoms with E-state index in [1.54, 1.807) is 6.92 Å². The van der Waals surface area contributed by atoms with Crippen LogP contribution in [0.2, 0.25) is 0 Å². The quantitative estimate of drug-likeness (QED) is 0.0824. The molecule has 0 aliphatic carbocycles. The van der Waals surface area contributed by atoms with Crippen molar-refractivity contribution in [3.8, 4) is 0 Å². The van der Waals surface area contributed by atoms with Crippen molar-refractivity contribution in [3.05, 3.63) is 0 Å². The fraction of sp³-hybridized carbons (Fsp3) is 0.903. The van der Waals surface area contributed by atoms with Crippen molar-refractivity contribution < 1.29 is 98.6 Å². The molecule has 0 aromatic carbocycles. The van der Waals surface area contributed by atoms with Gasteiger partial charge in [-0.15, -0.1) is 0 Å². The molecule has 23 heteroatoms. The van der Waals surface area contributed by atoms with Crippen LogP contribution in [0, 0.1) is 0 Å². The second-order valence-corrected chi connectivity index (χ2v) is 13.7. The van der Waals surface area contributed by atoms with Crippen LogP contribution < -0.4 is 16.0 Å². The smallest absolute Gasteiger partial charge is 0.217 e. The minimum atomic E-state index is -1.94. The lowest BCUT2D eigenvalue weighted by Crippen LogP contribution is -2.71. The van der Waals surface area contributed by atoms with E-state index in [1.165, 1.54) is 6.92 Å². The van der Waals surface area contributed by atoms with Crippen molar-refractivity contribution in [2.24, 2.45) is 0 Å². The molecular weight excluding hydrogens is 734 g/mol. The molecule has 4 fully saturated rings. The van der Waals surface area contributed by atoms with E-state index in [-0.39, 0.29) is 0 Å². The van der Waals surface area contributed by atoms with Crippen molar-refractivity contribution in [1.82, 2.24) is 16.0 Å². The molecule has 54 heavy (non-hydrogen) atoms. The van der Waals surface area contributed by atoms with E-state index < -0.39 is 167 Å². The molecule has 3 amide bonds. The van der Waals surface area contributed by atoms with Gasteiger partial charge in [0, 0.05) is 20.8 Å². The first-order valence-corrected chi connectivity index (χ1v) is 17.4. The number of nitrogens with one attached hydrogen (secondary N) is 3. The summed E-state index contributed by atoms with van der Waals surface area (Å²) < 4.78 is 40.8. The molecular formula is C31H53N3O20. The van der Waals surface area contributed by atoms with Crippen molar-refractivity contribution >= 4 is 17.7 Å². The Kier molecular flexibility index (Phi) is 15.8. The number of carbonyl (C=O) groups excluding carboxylic acids is 3. The van der Waals surface area contributed by atoms with Gasteiger partial charge in [-0.25, -0.2) is 0 Å². The van der Waals surface area contributed by atoms with Crippen molar-refractivity contribution in [2.45, 2.75) is 150 Å². The molecule has 23 nitrogen and oxygen atoms in total. The Hall–Kier alpha value is -2.27. The first-order valence-electron chi connectivity index (χ1n) is 17.4. The molecule has 0 aromatic rings. The molecule has 13 N–H and O–H groups in total. The van der Waals surface area contributed by atoms with E-state index in [2.05, 4.69) is 16.0 Å². The van der Waals surface area contributed by atoms with Crippen LogP contribution in [-0.4, -0.2) is 218 Å². The summed E-state index contributed by atoms with van der Waals surface area (Å²) in [6.07, 6.45) is -27.2. The maximum Gasteiger partial charge on any atom is 0.217 e. The summed E-state index contributed by atoms with van der Waals surface area (Å²) in [5, 5.41) is 113. The van der Waals surface area contributed by atoms with Crippen LogP contribution in [0.1, 0.15) is 27.7 Å². The van der Waals surface area contributed by atoms with Crippen molar-refractivity contribution in [1.29, 1.82) is 0 Å². The Morgan fingerprint density at radius 1 is 0.463 bits per heavy atom. The molecule has 20 atom stereocenters. The number of rotatable bonds is 13. The van der Waals surface area contributed by atoms with Crippen LogP contribution in [0.4, 0.5) is 0 Å². The molecule has 0 spiro atoms. The Balaban J connectivity index is 1.63. The summed E-state index contributed by atoms with van der Waals surface area (Å²) in [4.78, 5) is 36.6. The normalized spacial score (nSPS) is 45.7. The highest BCUT2D eigenvalue weighted by atomic mass is 16.7. The van der Waals surface area contributed by atoms with Gasteiger partial charge in [0.1, 0.15) is 91.4 Å². The summed E-state index contributed by atoms with van der Waals surface area (Å²) >= 11 is 0. The highest BCUT2D eigenvalue weighted by Gasteiger charge is 2.56. The van der Waals surface area contributed by atoms with Crippen molar-refractivity contribution in [3.63, 3.8) is 0 Å². The molecule has 312 valence electrons. The fourth-order valence-electron chi connectivity index (χ4n) is 7.01. The Bertz CT molecular complexity index is 1250. The number of ether oxygens (including phenoxy) is 7. The third-order valence-electron chi connectivity index (χ3n) is 9.68. The molecule has 0 aromatic heterocycles. The van der Waals surface area contributed by atoms with E-state index in [1.807, 2.05) is 0 Å². The highest BCUT2D eigenvalue weighted by Crippen LogP contribution is 2.34. The van der Waals surface area contributed by atoms with Crippen molar-refractivity contribution in [2.75, 3.05) is 26.4 Å². The molecule has 0 saturated carbocycles. The topological polar surface area (TPSA) is 354 Å². The average Bonchev–Trinajstić information content (AvgIpc) is 3.11. The van der Waals surface area contributed by atoms with E-state index in [0.717, 1.165) is 13.8 Å². The first-order chi connectivity index (χ1) is 25.5. The maximum atomic E-state index is 12.4. The van der Waals surface area contributed by atoms with Crippen LogP contribution in [-0.2, 0) is 47.5 Å². The summed E-state index contributed by atoms with van der Waals surface area (Å²) in [6, 6.07) is -4.13. The minimum Gasteiger partial charge on any atom is -0.394 e. The van der Waals surface area contributed by atoms with Crippen LogP contribution in [0.15, 0.2) is 0 Å². The predicted octanol–water partition coefficient (Wildman–Crippen LogP) is -8.25. The lowest BCUT2D eigenvalue weighted by atomic mass is 9.92. The number of aliphatic hydroxyl groups is 10. The predicted molar refractivity (Wildman–Crippen MR) is 172 cm³/mol. The van der Waals surface area contributed by atoms with Gasteiger partial charge < -0.3 is 100 Å². The van der Waals surface area contributed by atoms with Crippen LogP contribution in [0.25, 0.3) is 0 Å². The van der Waals surface area contributed by atoms with Gasteiger partial charge in [-0.1, -0.05) is 0 Å². The zero-order chi connectivity index (χ0) is 40.2. The van der Waals surface area contributed by atoms with E-state index in [0.29, 0.717) is 0 Å². The molecule has 4 saturated heterocycles. The van der Waals surface area contributed by atoms with Gasteiger partial charge in [0.25, 0.3) is 0 Å². The highest BCUT2D eigenvalue weighted by molar-refractivity contribution is 5.74. The Morgan fingerprint density at radius 2 is 0.852 bits per heavy atom. The van der Waals surface area contributed by atoms with Crippen LogP contribution >= 0.6 is 0 Å². The number of hydrogen-bond donors (Lipinski definition) is 13. The van der Waals surface area contributed by atoms with E-state index in [9.17, 15) is 65.4 Å². The summed E-state index contributed by atoms with van der Waals surface area (Å²) in [7, 11) is 0. The van der Waals surface area contributed by atoms with Crippen LogP contribution in [0.5, 0.6) is 0 Å². The number of carbonyl (C=O) groups is 3. The summed E-state index contributed by atoms with van der Waals surface area (Å²) in [5.41, 5.74) is 0. The third kappa shape index (κ3) is 9.81. The Labute approximate surface area is 309 Å². The fourth-order valence-corrected chi connectivity index (χ4v) is 7.01. The van der Waals surface area contributed by atoms with Gasteiger partial charge in [-0.2, -0.15) is 0 Å². The van der Waals surface area contributed by atoms with Crippen LogP contribution in [0.3, 0.4) is 0 Å². The second-order valence-electron chi connectivity index (χ2n) is 13.7.